The molecular weight excluding hydrogens is 350 g/mol. The van der Waals surface area contributed by atoms with Gasteiger partial charge in [-0.25, -0.2) is 9.97 Å². The second-order valence-electron chi connectivity index (χ2n) is 8.65. The Morgan fingerprint density at radius 1 is 1.07 bits per heavy atom. The number of hydrogen-bond acceptors (Lipinski definition) is 4. The molecule has 0 unspecified atom stereocenters. The Bertz CT molecular complexity index is 763. The van der Waals surface area contributed by atoms with Crippen LogP contribution in [-0.2, 0) is 0 Å². The van der Waals surface area contributed by atoms with Gasteiger partial charge in [0.15, 0.2) is 0 Å². The van der Waals surface area contributed by atoms with Gasteiger partial charge in [-0.2, -0.15) is 0 Å². The van der Waals surface area contributed by atoms with Gasteiger partial charge in [0.2, 0.25) is 0 Å². The maximum absolute atomic E-state index is 4.75. The summed E-state index contributed by atoms with van der Waals surface area (Å²) in [7, 11) is 0. The number of hydrogen-bond donors (Lipinski definition) is 0. The first kappa shape index (κ1) is 18.8. The zero-order chi connectivity index (χ0) is 18.9. The largest absolute Gasteiger partial charge is 0.355 e. The van der Waals surface area contributed by atoms with Crippen LogP contribution in [0.5, 0.6) is 0 Å². The Hall–Kier alpha value is -1.55. The summed E-state index contributed by atoms with van der Waals surface area (Å²) >= 11 is 1.72. The van der Waals surface area contributed by atoms with Gasteiger partial charge in [-0.05, 0) is 48.1 Å². The second-order valence-corrected chi connectivity index (χ2v) is 9.71. The lowest BCUT2D eigenvalue weighted by atomic mass is 9.71. The zero-order valence-corrected chi connectivity index (χ0v) is 17.6. The van der Waals surface area contributed by atoms with Gasteiger partial charge in [-0.1, -0.05) is 63.6 Å². The van der Waals surface area contributed by atoms with Crippen LogP contribution < -0.4 is 4.90 Å². The van der Waals surface area contributed by atoms with Crippen LogP contribution in [0.15, 0.2) is 46.6 Å². The molecule has 2 heterocycles. The maximum atomic E-state index is 4.75. The summed E-state index contributed by atoms with van der Waals surface area (Å²) in [4.78, 5) is 13.2. The van der Waals surface area contributed by atoms with Crippen molar-refractivity contribution in [3.8, 4) is 0 Å². The van der Waals surface area contributed by atoms with E-state index in [0.29, 0.717) is 11.3 Å². The number of benzene rings is 1. The van der Waals surface area contributed by atoms with Gasteiger partial charge in [0.1, 0.15) is 10.8 Å². The third kappa shape index (κ3) is 3.87. The molecule has 1 aliphatic carbocycles. The lowest BCUT2D eigenvalue weighted by Crippen LogP contribution is -2.41. The third-order valence-electron chi connectivity index (χ3n) is 6.81. The summed E-state index contributed by atoms with van der Waals surface area (Å²) in [6, 6.07) is 8.61. The fourth-order valence-corrected chi connectivity index (χ4v) is 5.93. The molecule has 1 aromatic heterocycles. The normalized spacial score (nSPS) is 21.9. The van der Waals surface area contributed by atoms with E-state index in [1.807, 2.05) is 12.4 Å². The third-order valence-corrected chi connectivity index (χ3v) is 7.82. The minimum atomic E-state index is 0.514. The van der Waals surface area contributed by atoms with E-state index < -0.39 is 0 Å². The maximum Gasteiger partial charge on any atom is 0.147 e. The minimum Gasteiger partial charge on any atom is -0.355 e. The summed E-state index contributed by atoms with van der Waals surface area (Å²) in [5.74, 6) is 2.45. The molecule has 1 aromatic carbocycles. The van der Waals surface area contributed by atoms with Crippen LogP contribution in [0.2, 0.25) is 0 Å². The first-order valence-electron chi connectivity index (χ1n) is 10.4. The molecule has 3 nitrogen and oxygen atoms in total. The summed E-state index contributed by atoms with van der Waals surface area (Å²) in [5.41, 5.74) is 1.99. The standard InChI is InChI=1S/C23H31N3S/c1-17(2)19-8-4-5-9-20(19)27-22-16-24-21(15-25-22)26-13-11-23(12-14-26)10-6-7-18(23)3/h4-5,8-9,15-18H,6-7,10-14H2,1-3H3/t18-/m0/s1. The molecule has 1 saturated carbocycles. The zero-order valence-electron chi connectivity index (χ0n) is 16.8. The van der Waals surface area contributed by atoms with Crippen molar-refractivity contribution in [1.29, 1.82) is 0 Å². The van der Waals surface area contributed by atoms with E-state index in [2.05, 4.69) is 49.9 Å². The number of rotatable bonds is 4. The SMILES string of the molecule is CC(C)c1ccccc1Sc1cnc(N2CCC3(CCC[C@@H]3C)CC2)cn1. The molecule has 4 heteroatoms. The smallest absolute Gasteiger partial charge is 0.147 e. The van der Waals surface area contributed by atoms with Gasteiger partial charge >= 0.3 is 0 Å². The first-order valence-corrected chi connectivity index (χ1v) is 11.2. The fraction of sp³-hybridized carbons (Fsp3) is 0.565. The van der Waals surface area contributed by atoms with Gasteiger partial charge in [0, 0.05) is 18.0 Å². The van der Waals surface area contributed by atoms with E-state index >= 15 is 0 Å². The van der Waals surface area contributed by atoms with Crippen molar-refractivity contribution in [3.63, 3.8) is 0 Å². The topological polar surface area (TPSA) is 29.0 Å². The molecule has 4 rings (SSSR count). The molecule has 144 valence electrons. The van der Waals surface area contributed by atoms with Gasteiger partial charge in [-0.3, -0.25) is 0 Å². The van der Waals surface area contributed by atoms with Crippen molar-refractivity contribution in [1.82, 2.24) is 9.97 Å². The highest BCUT2D eigenvalue weighted by atomic mass is 32.2. The van der Waals surface area contributed by atoms with E-state index in [0.717, 1.165) is 29.9 Å². The van der Waals surface area contributed by atoms with Crippen LogP contribution >= 0.6 is 11.8 Å². The molecule has 0 amide bonds. The van der Waals surface area contributed by atoms with Crippen molar-refractivity contribution in [2.24, 2.45) is 11.3 Å². The monoisotopic (exact) mass is 381 g/mol. The van der Waals surface area contributed by atoms with E-state index in [4.69, 9.17) is 9.97 Å². The lowest BCUT2D eigenvalue weighted by molar-refractivity contribution is 0.161. The number of nitrogens with zero attached hydrogens (tertiary/aromatic N) is 3. The minimum absolute atomic E-state index is 0.514. The molecular formula is C23H31N3S. The lowest BCUT2D eigenvalue weighted by Gasteiger charge is -2.42. The van der Waals surface area contributed by atoms with Gasteiger partial charge in [-0.15, -0.1) is 0 Å². The Balaban J connectivity index is 1.41. The van der Waals surface area contributed by atoms with Crippen LogP contribution in [0, 0.1) is 11.3 Å². The highest BCUT2D eigenvalue weighted by Crippen LogP contribution is 2.50. The molecule has 0 radical (unpaired) electrons. The van der Waals surface area contributed by atoms with E-state index in [9.17, 15) is 0 Å². The molecule has 1 saturated heterocycles. The van der Waals surface area contributed by atoms with Crippen molar-refractivity contribution in [3.05, 3.63) is 42.2 Å². The summed E-state index contributed by atoms with van der Waals surface area (Å²) in [6.45, 7) is 9.19. The van der Waals surface area contributed by atoms with E-state index in [1.165, 1.54) is 42.6 Å². The van der Waals surface area contributed by atoms with Crippen molar-refractivity contribution in [2.45, 2.75) is 68.7 Å². The highest BCUT2D eigenvalue weighted by molar-refractivity contribution is 7.99. The predicted molar refractivity (Wildman–Crippen MR) is 114 cm³/mol. The predicted octanol–water partition coefficient (Wildman–Crippen LogP) is 6.16. The van der Waals surface area contributed by atoms with Crippen molar-refractivity contribution >= 4 is 17.6 Å². The average molecular weight is 382 g/mol. The van der Waals surface area contributed by atoms with Crippen LogP contribution in [0.3, 0.4) is 0 Å². The summed E-state index contributed by atoms with van der Waals surface area (Å²) in [6.07, 6.45) is 10.8. The molecule has 1 aliphatic heterocycles. The molecule has 1 spiro atoms. The van der Waals surface area contributed by atoms with Gasteiger partial charge in [0.05, 0.1) is 12.4 Å². The van der Waals surface area contributed by atoms with Gasteiger partial charge < -0.3 is 4.90 Å². The number of aromatic nitrogens is 2. The summed E-state index contributed by atoms with van der Waals surface area (Å²) in [5, 5.41) is 0.977. The molecule has 1 atom stereocenters. The fourth-order valence-electron chi connectivity index (χ4n) is 4.93. The van der Waals surface area contributed by atoms with Crippen LogP contribution in [-0.4, -0.2) is 23.1 Å². The number of anilines is 1. The molecule has 0 N–H and O–H groups in total. The van der Waals surface area contributed by atoms with Crippen molar-refractivity contribution in [2.75, 3.05) is 18.0 Å². The Morgan fingerprint density at radius 3 is 2.48 bits per heavy atom. The molecule has 2 fully saturated rings. The summed E-state index contributed by atoms with van der Waals surface area (Å²) < 4.78 is 0. The van der Waals surface area contributed by atoms with Crippen LogP contribution in [0.25, 0.3) is 0 Å². The molecule has 2 aliphatic rings. The van der Waals surface area contributed by atoms with Crippen LogP contribution in [0.4, 0.5) is 5.82 Å². The first-order chi connectivity index (χ1) is 13.1. The van der Waals surface area contributed by atoms with E-state index in [1.54, 1.807) is 11.8 Å². The van der Waals surface area contributed by atoms with Crippen LogP contribution in [0.1, 0.15) is 64.4 Å². The molecule has 27 heavy (non-hydrogen) atoms. The highest BCUT2D eigenvalue weighted by Gasteiger charge is 2.42. The Morgan fingerprint density at radius 2 is 1.85 bits per heavy atom. The quantitative estimate of drug-likeness (QED) is 0.634. The second kappa shape index (κ2) is 7.83. The Kier molecular flexibility index (Phi) is 5.45. The molecule has 0 bridgehead atoms. The van der Waals surface area contributed by atoms with E-state index in [-0.39, 0.29) is 0 Å². The molecule has 2 aromatic rings. The average Bonchev–Trinajstić information content (AvgIpc) is 3.03. The Labute approximate surface area is 168 Å². The number of piperidine rings is 1. The van der Waals surface area contributed by atoms with Gasteiger partial charge in [0.25, 0.3) is 0 Å². The van der Waals surface area contributed by atoms with Crippen molar-refractivity contribution < 1.29 is 0 Å².